The van der Waals surface area contributed by atoms with E-state index in [1.807, 2.05) is 26.0 Å². The number of ether oxygens (including phenoxy) is 1. The van der Waals surface area contributed by atoms with Crippen molar-refractivity contribution in [3.8, 4) is 0 Å². The Labute approximate surface area is 171 Å². The Bertz CT molecular complexity index is 827. The van der Waals surface area contributed by atoms with E-state index in [1.54, 1.807) is 23.1 Å². The summed E-state index contributed by atoms with van der Waals surface area (Å²) in [7, 11) is -3.54. The van der Waals surface area contributed by atoms with Crippen LogP contribution in [-0.4, -0.2) is 79.3 Å². The molecule has 0 aliphatic carbocycles. The summed E-state index contributed by atoms with van der Waals surface area (Å²) in [6.07, 6.45) is 2.96. The van der Waals surface area contributed by atoms with Crippen LogP contribution in [0.5, 0.6) is 0 Å². The van der Waals surface area contributed by atoms with Gasteiger partial charge in [-0.05, 0) is 37.6 Å². The quantitative estimate of drug-likeness (QED) is 0.687. The Morgan fingerprint density at radius 3 is 2.36 bits per heavy atom. The number of amides is 1. The normalized spacial score (nSPS) is 25.3. The molecule has 2 atom stereocenters. The van der Waals surface area contributed by atoms with Gasteiger partial charge >= 0.3 is 0 Å². The van der Waals surface area contributed by atoms with Crippen LogP contribution in [0.3, 0.4) is 0 Å². The van der Waals surface area contributed by atoms with Gasteiger partial charge in [-0.15, -0.1) is 0 Å². The molecule has 0 bridgehead atoms. The van der Waals surface area contributed by atoms with E-state index in [2.05, 4.69) is 0 Å². The van der Waals surface area contributed by atoms with E-state index in [9.17, 15) is 13.2 Å². The van der Waals surface area contributed by atoms with Gasteiger partial charge in [-0.3, -0.25) is 4.79 Å². The fourth-order valence-corrected chi connectivity index (χ4v) is 5.45. The first-order chi connectivity index (χ1) is 13.3. The van der Waals surface area contributed by atoms with Gasteiger partial charge in [0.25, 0.3) is 10.2 Å². The highest BCUT2D eigenvalue weighted by Crippen LogP contribution is 2.19. The maximum atomic E-state index is 12.9. The average molecular weight is 428 g/mol. The number of morpholine rings is 1. The average Bonchev–Trinajstić information content (AvgIpc) is 2.65. The second-order valence-electron chi connectivity index (χ2n) is 7.19. The standard InChI is InChI=1S/C19H26ClN3O4S/c1-15-13-23(14-16(2)27-15)28(25,26)22-10-8-21(9-11-22)19(24)7-6-17-4-3-5-18(20)12-17/h3-7,12,15-16H,8-11,13-14H2,1-2H3/b7-6+. The predicted molar refractivity (Wildman–Crippen MR) is 109 cm³/mol. The highest BCUT2D eigenvalue weighted by molar-refractivity contribution is 7.86. The SMILES string of the molecule is CC1CN(S(=O)(=O)N2CCN(C(=O)/C=C/c3cccc(Cl)c3)CC2)CC(C)O1. The molecule has 154 valence electrons. The molecule has 2 fully saturated rings. The summed E-state index contributed by atoms with van der Waals surface area (Å²) >= 11 is 5.95. The van der Waals surface area contributed by atoms with Crippen molar-refractivity contribution in [2.45, 2.75) is 26.1 Å². The molecule has 2 unspecified atom stereocenters. The largest absolute Gasteiger partial charge is 0.373 e. The van der Waals surface area contributed by atoms with Crippen LogP contribution in [0.2, 0.25) is 5.02 Å². The van der Waals surface area contributed by atoms with Crippen molar-refractivity contribution in [2.24, 2.45) is 0 Å². The molecule has 2 aliphatic rings. The first kappa shape index (κ1) is 21.3. The van der Waals surface area contributed by atoms with Gasteiger partial charge in [0, 0.05) is 50.4 Å². The molecule has 0 saturated carbocycles. The molecule has 7 nitrogen and oxygen atoms in total. The van der Waals surface area contributed by atoms with Gasteiger partial charge < -0.3 is 9.64 Å². The smallest absolute Gasteiger partial charge is 0.282 e. The third-order valence-corrected chi connectivity index (χ3v) is 7.06. The van der Waals surface area contributed by atoms with E-state index in [4.69, 9.17) is 16.3 Å². The molecule has 2 aliphatic heterocycles. The molecule has 1 amide bonds. The number of carbonyl (C=O) groups is 1. The molecule has 2 saturated heterocycles. The zero-order valence-corrected chi connectivity index (χ0v) is 17.7. The van der Waals surface area contributed by atoms with Gasteiger partial charge in [0.15, 0.2) is 0 Å². The first-order valence-electron chi connectivity index (χ1n) is 9.39. The molecule has 9 heteroatoms. The molecule has 0 spiro atoms. The molecule has 0 N–H and O–H groups in total. The fourth-order valence-electron chi connectivity index (χ4n) is 3.50. The van der Waals surface area contributed by atoms with Gasteiger partial charge in [-0.25, -0.2) is 0 Å². The third kappa shape index (κ3) is 5.12. The van der Waals surface area contributed by atoms with Gasteiger partial charge in [0.05, 0.1) is 12.2 Å². The summed E-state index contributed by atoms with van der Waals surface area (Å²) in [5.41, 5.74) is 0.845. The molecule has 2 heterocycles. The van der Waals surface area contributed by atoms with Crippen molar-refractivity contribution in [3.05, 3.63) is 40.9 Å². The zero-order valence-electron chi connectivity index (χ0n) is 16.1. The first-order valence-corrected chi connectivity index (χ1v) is 11.2. The summed E-state index contributed by atoms with van der Waals surface area (Å²) in [6, 6.07) is 7.24. The van der Waals surface area contributed by atoms with Crippen LogP contribution in [0.4, 0.5) is 0 Å². The molecular formula is C19H26ClN3O4S. The van der Waals surface area contributed by atoms with Gasteiger partial charge in [0.2, 0.25) is 5.91 Å². The number of carbonyl (C=O) groups excluding carboxylic acids is 1. The summed E-state index contributed by atoms with van der Waals surface area (Å²) in [5, 5.41) is 0.611. The Morgan fingerprint density at radius 2 is 1.75 bits per heavy atom. The van der Waals surface area contributed by atoms with E-state index >= 15 is 0 Å². The number of piperazine rings is 1. The van der Waals surface area contributed by atoms with Crippen LogP contribution in [0.1, 0.15) is 19.4 Å². The number of hydrogen-bond acceptors (Lipinski definition) is 4. The summed E-state index contributed by atoms with van der Waals surface area (Å²) in [5.74, 6) is -0.134. The minimum absolute atomic E-state index is 0.127. The van der Waals surface area contributed by atoms with E-state index in [1.165, 1.54) is 14.7 Å². The maximum Gasteiger partial charge on any atom is 0.282 e. The minimum Gasteiger partial charge on any atom is -0.373 e. The van der Waals surface area contributed by atoms with Crippen molar-refractivity contribution >= 4 is 33.8 Å². The monoisotopic (exact) mass is 427 g/mol. The second kappa shape index (κ2) is 8.92. The fraction of sp³-hybridized carbons (Fsp3) is 0.526. The third-order valence-electron chi connectivity index (χ3n) is 4.86. The Kier molecular flexibility index (Phi) is 6.77. The summed E-state index contributed by atoms with van der Waals surface area (Å²) in [6.45, 7) is 5.78. The van der Waals surface area contributed by atoms with Crippen LogP contribution >= 0.6 is 11.6 Å². The van der Waals surface area contributed by atoms with Crippen LogP contribution in [0.15, 0.2) is 30.3 Å². The molecule has 1 aromatic rings. The Hall–Kier alpha value is -1.45. The molecule has 0 radical (unpaired) electrons. The predicted octanol–water partition coefficient (Wildman–Crippen LogP) is 1.85. The van der Waals surface area contributed by atoms with Gasteiger partial charge in [0.1, 0.15) is 0 Å². The Balaban J connectivity index is 1.57. The molecule has 0 aromatic heterocycles. The van der Waals surface area contributed by atoms with E-state index in [-0.39, 0.29) is 18.1 Å². The zero-order chi connectivity index (χ0) is 20.3. The van der Waals surface area contributed by atoms with Crippen molar-refractivity contribution in [3.63, 3.8) is 0 Å². The molecule has 28 heavy (non-hydrogen) atoms. The highest BCUT2D eigenvalue weighted by atomic mass is 35.5. The molecule has 1 aromatic carbocycles. The topological polar surface area (TPSA) is 70.2 Å². The van der Waals surface area contributed by atoms with E-state index < -0.39 is 10.2 Å². The maximum absolute atomic E-state index is 12.9. The Morgan fingerprint density at radius 1 is 1.11 bits per heavy atom. The number of hydrogen-bond donors (Lipinski definition) is 0. The lowest BCUT2D eigenvalue weighted by molar-refractivity contribution is -0.127. The summed E-state index contributed by atoms with van der Waals surface area (Å²) in [4.78, 5) is 14.1. The number of rotatable bonds is 4. The highest BCUT2D eigenvalue weighted by Gasteiger charge is 2.37. The van der Waals surface area contributed by atoms with Crippen LogP contribution in [0.25, 0.3) is 6.08 Å². The van der Waals surface area contributed by atoms with E-state index in [0.29, 0.717) is 44.3 Å². The lowest BCUT2D eigenvalue weighted by Gasteiger charge is -2.40. The van der Waals surface area contributed by atoms with Crippen molar-refractivity contribution < 1.29 is 17.9 Å². The second-order valence-corrected chi connectivity index (χ2v) is 9.56. The lowest BCUT2D eigenvalue weighted by atomic mass is 10.2. The number of halogens is 1. The van der Waals surface area contributed by atoms with Crippen LogP contribution < -0.4 is 0 Å². The van der Waals surface area contributed by atoms with Gasteiger partial charge in [-0.1, -0.05) is 23.7 Å². The molecule has 3 rings (SSSR count). The van der Waals surface area contributed by atoms with Crippen LogP contribution in [0, 0.1) is 0 Å². The minimum atomic E-state index is -3.54. The van der Waals surface area contributed by atoms with Gasteiger partial charge in [-0.2, -0.15) is 17.0 Å². The van der Waals surface area contributed by atoms with Crippen molar-refractivity contribution in [1.82, 2.24) is 13.5 Å². The van der Waals surface area contributed by atoms with Crippen molar-refractivity contribution in [1.29, 1.82) is 0 Å². The van der Waals surface area contributed by atoms with E-state index in [0.717, 1.165) is 5.56 Å². The van der Waals surface area contributed by atoms with Crippen LogP contribution in [-0.2, 0) is 19.7 Å². The van der Waals surface area contributed by atoms with Crippen molar-refractivity contribution in [2.75, 3.05) is 39.3 Å². The number of benzene rings is 1. The molecular weight excluding hydrogens is 402 g/mol. The number of nitrogens with zero attached hydrogens (tertiary/aromatic N) is 3. The lowest BCUT2D eigenvalue weighted by Crippen LogP contribution is -2.57. The summed E-state index contributed by atoms with van der Waals surface area (Å²) < 4.78 is 34.4.